The third-order valence-corrected chi connectivity index (χ3v) is 8.58. The highest BCUT2D eigenvalue weighted by molar-refractivity contribution is 7.47. The number of hydrogen-bond donors (Lipinski definition) is 6. The Labute approximate surface area is 281 Å². The summed E-state index contributed by atoms with van der Waals surface area (Å²) in [6, 6.07) is 14.1. The Kier molecular flexibility index (Phi) is 12.2. The quantitative estimate of drug-likeness (QED) is 0.0562. The highest BCUT2D eigenvalue weighted by Crippen LogP contribution is 2.44. The van der Waals surface area contributed by atoms with Crippen molar-refractivity contribution in [3.8, 4) is 0 Å². The van der Waals surface area contributed by atoms with Gasteiger partial charge in [-0.3, -0.25) is 23.2 Å². The Morgan fingerprint density at radius 2 is 1.57 bits per heavy atom. The van der Waals surface area contributed by atoms with Gasteiger partial charge in [0.1, 0.15) is 24.2 Å². The summed E-state index contributed by atoms with van der Waals surface area (Å²) in [4.78, 5) is 47.0. The molecule has 0 bridgehead atoms. The van der Waals surface area contributed by atoms with Gasteiger partial charge in [0.15, 0.2) is 11.5 Å². The van der Waals surface area contributed by atoms with E-state index >= 15 is 0 Å². The lowest BCUT2D eigenvalue weighted by atomic mass is 10.1. The molecule has 0 radical (unpaired) electrons. The summed E-state index contributed by atoms with van der Waals surface area (Å²) >= 11 is 0. The molecule has 17 heteroatoms. The number of anilines is 1. The monoisotopic (exact) mass is 695 g/mol. The number of aliphatic hydroxyl groups is 2. The van der Waals surface area contributed by atoms with Gasteiger partial charge in [-0.2, -0.15) is 0 Å². The number of phosphoric ester groups is 1. The van der Waals surface area contributed by atoms with Crippen LogP contribution in [-0.4, -0.2) is 91.6 Å². The number of nitrogens with two attached hydrogens (primary N) is 1. The van der Waals surface area contributed by atoms with Crippen molar-refractivity contribution in [2.75, 3.05) is 38.6 Å². The normalized spacial score (nSPS) is 18.9. The van der Waals surface area contributed by atoms with Gasteiger partial charge < -0.3 is 36.2 Å². The molecule has 16 nitrogen and oxygen atoms in total. The predicted molar refractivity (Wildman–Crippen MR) is 179 cm³/mol. The lowest BCUT2D eigenvalue weighted by molar-refractivity contribution is -0.0439. The average molecular weight is 696 g/mol. The van der Waals surface area contributed by atoms with Crippen LogP contribution < -0.4 is 16.4 Å². The van der Waals surface area contributed by atoms with Crippen molar-refractivity contribution in [2.24, 2.45) is 0 Å². The standard InChI is InChI=1S/C32H38N7O9P/c33-29-28-30(37-19-36-29)39(20-38-28)27-17-25(41)26(48-27)18-47-49(44,45)46-16-2-14-35-32(43)24-11-7-22(8-12-24)4-3-21-5-9-23(10-6-21)31(42)34-13-1-15-40/h3-12,19-20,25-27,40-41H,1-2,13-18H2,(H,34,42)(H,35,43)(H,44,45)(H2,33,36,37)/b4-3+/t25-,26+,27+/m0/s1. The number of nitrogen functional groups attached to an aromatic ring is 1. The van der Waals surface area contributed by atoms with Crippen molar-refractivity contribution in [3.63, 3.8) is 0 Å². The minimum atomic E-state index is -4.46. The molecule has 1 aliphatic heterocycles. The van der Waals surface area contributed by atoms with Crippen LogP contribution in [0.3, 0.4) is 0 Å². The highest BCUT2D eigenvalue weighted by Gasteiger charge is 2.38. The molecule has 3 heterocycles. The minimum Gasteiger partial charge on any atom is -0.396 e. The minimum absolute atomic E-state index is 0.0214. The van der Waals surface area contributed by atoms with Gasteiger partial charge in [-0.15, -0.1) is 0 Å². The van der Waals surface area contributed by atoms with E-state index in [0.29, 0.717) is 35.3 Å². The molecule has 2 aromatic carbocycles. The Balaban J connectivity index is 0.991. The van der Waals surface area contributed by atoms with Crippen LogP contribution in [0.15, 0.2) is 61.2 Å². The predicted octanol–water partition coefficient (Wildman–Crippen LogP) is 2.29. The summed E-state index contributed by atoms with van der Waals surface area (Å²) in [6.07, 6.45) is 4.93. The molecular weight excluding hydrogens is 657 g/mol. The van der Waals surface area contributed by atoms with E-state index in [1.807, 2.05) is 24.3 Å². The Morgan fingerprint density at radius 3 is 2.18 bits per heavy atom. The third-order valence-electron chi connectivity index (χ3n) is 7.60. The first-order chi connectivity index (χ1) is 23.6. The molecule has 49 heavy (non-hydrogen) atoms. The van der Waals surface area contributed by atoms with Gasteiger partial charge in [0.05, 0.1) is 25.6 Å². The number of aromatic nitrogens is 4. The second-order valence-electron chi connectivity index (χ2n) is 11.1. The van der Waals surface area contributed by atoms with Gasteiger partial charge in [0, 0.05) is 37.2 Å². The van der Waals surface area contributed by atoms with E-state index < -0.39 is 32.9 Å². The summed E-state index contributed by atoms with van der Waals surface area (Å²) in [6.45, 7) is 0.0678. The molecule has 5 rings (SSSR count). The third kappa shape index (κ3) is 9.77. The van der Waals surface area contributed by atoms with Crippen LogP contribution in [0.25, 0.3) is 23.3 Å². The molecule has 7 N–H and O–H groups in total. The fraction of sp³-hybridized carbons (Fsp3) is 0.344. The molecule has 1 aliphatic rings. The van der Waals surface area contributed by atoms with Gasteiger partial charge in [-0.25, -0.2) is 19.5 Å². The molecule has 2 amide bonds. The van der Waals surface area contributed by atoms with Crippen LogP contribution in [0, 0.1) is 0 Å². The zero-order valence-corrected chi connectivity index (χ0v) is 27.3. The molecule has 1 unspecified atom stereocenters. The largest absolute Gasteiger partial charge is 0.472 e. The SMILES string of the molecule is Nc1ncnc2c1ncn2[C@H]1C[C@H](O)[C@@H](COP(=O)(O)OCCCNC(=O)c2ccc(/C=C/c3ccc(C(=O)NCCCO)cc3)cc2)O1. The lowest BCUT2D eigenvalue weighted by Crippen LogP contribution is -2.26. The number of aliphatic hydroxyl groups excluding tert-OH is 2. The summed E-state index contributed by atoms with van der Waals surface area (Å²) in [5.41, 5.74) is 9.39. The number of fused-ring (bicyclic) bond motifs is 1. The van der Waals surface area contributed by atoms with Crippen LogP contribution in [0.2, 0.25) is 0 Å². The number of phosphoric acid groups is 1. The van der Waals surface area contributed by atoms with Gasteiger partial charge in [0.2, 0.25) is 0 Å². The number of ether oxygens (including phenoxy) is 1. The molecule has 0 saturated carbocycles. The maximum Gasteiger partial charge on any atom is 0.472 e. The topological polar surface area (TPSA) is 233 Å². The number of benzene rings is 2. The van der Waals surface area contributed by atoms with E-state index in [-0.39, 0.29) is 50.2 Å². The fourth-order valence-corrected chi connectivity index (χ4v) is 5.71. The van der Waals surface area contributed by atoms with Gasteiger partial charge in [-0.1, -0.05) is 36.4 Å². The first-order valence-corrected chi connectivity index (χ1v) is 17.1. The molecule has 1 fully saturated rings. The van der Waals surface area contributed by atoms with Crippen molar-refractivity contribution in [1.29, 1.82) is 0 Å². The molecule has 4 atom stereocenters. The smallest absolute Gasteiger partial charge is 0.396 e. The zero-order chi connectivity index (χ0) is 34.8. The molecule has 4 aromatic rings. The van der Waals surface area contributed by atoms with E-state index in [1.165, 1.54) is 12.7 Å². The lowest BCUT2D eigenvalue weighted by Gasteiger charge is -2.18. The summed E-state index contributed by atoms with van der Waals surface area (Å²) in [5.74, 6) is -0.299. The van der Waals surface area contributed by atoms with Crippen LogP contribution in [0.5, 0.6) is 0 Å². The number of nitrogens with zero attached hydrogens (tertiary/aromatic N) is 4. The molecule has 260 valence electrons. The second kappa shape index (κ2) is 16.7. The first kappa shape index (κ1) is 35.8. The Hall–Kier alpha value is -4.54. The summed E-state index contributed by atoms with van der Waals surface area (Å²) in [5, 5.41) is 24.8. The molecule has 2 aromatic heterocycles. The molecule has 0 aliphatic carbocycles. The van der Waals surface area contributed by atoms with Gasteiger partial charge in [-0.05, 0) is 48.2 Å². The van der Waals surface area contributed by atoms with E-state index in [2.05, 4.69) is 25.6 Å². The Morgan fingerprint density at radius 1 is 0.959 bits per heavy atom. The van der Waals surface area contributed by atoms with Crippen molar-refractivity contribution < 1.29 is 43.0 Å². The molecule has 0 spiro atoms. The first-order valence-electron chi connectivity index (χ1n) is 15.6. The van der Waals surface area contributed by atoms with Crippen LogP contribution in [0.4, 0.5) is 5.82 Å². The number of rotatable bonds is 16. The number of amides is 2. The average Bonchev–Trinajstić information content (AvgIpc) is 3.70. The second-order valence-corrected chi connectivity index (χ2v) is 12.6. The molecule has 1 saturated heterocycles. The van der Waals surface area contributed by atoms with Crippen molar-refractivity contribution >= 4 is 48.8 Å². The van der Waals surface area contributed by atoms with Crippen LogP contribution in [0.1, 0.15) is 57.3 Å². The fourth-order valence-electron chi connectivity index (χ4n) is 4.94. The number of hydrogen-bond acceptors (Lipinski definition) is 12. The highest BCUT2D eigenvalue weighted by atomic mass is 31.2. The van der Waals surface area contributed by atoms with E-state index in [9.17, 15) is 24.2 Å². The van der Waals surface area contributed by atoms with Crippen LogP contribution in [-0.2, 0) is 18.3 Å². The maximum atomic E-state index is 12.5. The van der Waals surface area contributed by atoms with Crippen molar-refractivity contribution in [3.05, 3.63) is 83.4 Å². The van der Waals surface area contributed by atoms with E-state index in [4.69, 9.17) is 24.6 Å². The van der Waals surface area contributed by atoms with Crippen molar-refractivity contribution in [1.82, 2.24) is 30.2 Å². The van der Waals surface area contributed by atoms with E-state index in [0.717, 1.165) is 11.1 Å². The number of carbonyl (C=O) groups is 2. The number of imidazole rings is 1. The number of carbonyl (C=O) groups excluding carboxylic acids is 2. The number of nitrogens with one attached hydrogen (secondary N) is 2. The van der Waals surface area contributed by atoms with Crippen molar-refractivity contribution in [2.45, 2.75) is 37.7 Å². The van der Waals surface area contributed by atoms with Crippen LogP contribution >= 0.6 is 7.82 Å². The maximum absolute atomic E-state index is 12.5. The van der Waals surface area contributed by atoms with Gasteiger partial charge >= 0.3 is 7.82 Å². The summed E-state index contributed by atoms with van der Waals surface area (Å²) in [7, 11) is -4.46. The zero-order valence-electron chi connectivity index (χ0n) is 26.4. The van der Waals surface area contributed by atoms with E-state index in [1.54, 1.807) is 41.0 Å². The van der Waals surface area contributed by atoms with Gasteiger partial charge in [0.25, 0.3) is 11.8 Å². The summed E-state index contributed by atoms with van der Waals surface area (Å²) < 4.78 is 29.9. The Bertz CT molecular complexity index is 1800. The molecular formula is C32H38N7O9P.